The van der Waals surface area contributed by atoms with Gasteiger partial charge < -0.3 is 15.0 Å². The van der Waals surface area contributed by atoms with E-state index in [4.69, 9.17) is 4.74 Å². The topological polar surface area (TPSA) is 67.0 Å². The summed E-state index contributed by atoms with van der Waals surface area (Å²) in [5.41, 5.74) is -0.126. The first kappa shape index (κ1) is 9.84. The fourth-order valence-corrected chi connectivity index (χ4v) is 2.29. The van der Waals surface area contributed by atoms with Crippen molar-refractivity contribution in [2.45, 2.75) is 31.4 Å². The van der Waals surface area contributed by atoms with E-state index in [1.54, 1.807) is 0 Å². The van der Waals surface area contributed by atoms with Gasteiger partial charge in [-0.3, -0.25) is 4.79 Å². The van der Waals surface area contributed by atoms with Gasteiger partial charge in [-0.2, -0.15) is 0 Å². The van der Waals surface area contributed by atoms with Crippen molar-refractivity contribution in [1.82, 2.24) is 9.97 Å². The molecule has 2 atom stereocenters. The summed E-state index contributed by atoms with van der Waals surface area (Å²) in [5, 5.41) is 3.30. The van der Waals surface area contributed by atoms with E-state index >= 15 is 0 Å². The van der Waals surface area contributed by atoms with Crippen molar-refractivity contribution in [3.05, 3.63) is 22.7 Å². The third kappa shape index (κ3) is 1.95. The van der Waals surface area contributed by atoms with Gasteiger partial charge in [0, 0.05) is 12.7 Å². The Morgan fingerprint density at radius 3 is 3.06 bits per heavy atom. The maximum Gasteiger partial charge on any atom is 0.252 e. The molecule has 1 aromatic rings. The van der Waals surface area contributed by atoms with Gasteiger partial charge in [0.2, 0.25) is 0 Å². The number of hydrogen-bond donors (Lipinski definition) is 2. The Kier molecular flexibility index (Phi) is 2.40. The quantitative estimate of drug-likeness (QED) is 0.790. The van der Waals surface area contributed by atoms with E-state index in [0.717, 1.165) is 13.0 Å². The Bertz CT molecular complexity index is 427. The van der Waals surface area contributed by atoms with Gasteiger partial charge in [-0.05, 0) is 25.2 Å². The Morgan fingerprint density at radius 2 is 2.31 bits per heavy atom. The molecule has 3 rings (SSSR count). The summed E-state index contributed by atoms with van der Waals surface area (Å²) < 4.78 is 5.72. The van der Waals surface area contributed by atoms with E-state index in [2.05, 4.69) is 15.3 Å². The average Bonchev–Trinajstić information content (AvgIpc) is 3.00. The summed E-state index contributed by atoms with van der Waals surface area (Å²) in [7, 11) is 0. The van der Waals surface area contributed by atoms with E-state index in [1.807, 2.05) is 0 Å². The molecule has 0 aromatic carbocycles. The molecule has 1 saturated carbocycles. The van der Waals surface area contributed by atoms with Crippen LogP contribution < -0.4 is 10.9 Å². The molecule has 2 aliphatic rings. The van der Waals surface area contributed by atoms with Gasteiger partial charge >= 0.3 is 0 Å². The molecule has 0 radical (unpaired) electrons. The van der Waals surface area contributed by atoms with Gasteiger partial charge in [0.15, 0.2) is 0 Å². The first-order chi connectivity index (χ1) is 7.83. The third-order valence-electron chi connectivity index (χ3n) is 3.23. The minimum Gasteiger partial charge on any atom is -0.376 e. The van der Waals surface area contributed by atoms with Crippen molar-refractivity contribution in [2.24, 2.45) is 5.92 Å². The summed E-state index contributed by atoms with van der Waals surface area (Å²) in [6, 6.07) is 1.80. The zero-order valence-electron chi connectivity index (χ0n) is 8.98. The predicted molar refractivity (Wildman–Crippen MR) is 59.3 cm³/mol. The van der Waals surface area contributed by atoms with Gasteiger partial charge in [-0.25, -0.2) is 4.98 Å². The highest BCUT2D eigenvalue weighted by Crippen LogP contribution is 2.39. The standard InChI is InChI=1S/C11H15N3O2/c15-10-5-9(12-6-13-10)14-8-3-4-16-11(8)7-1-2-7/h5-8,11H,1-4H2,(H2,12,13,14,15). The predicted octanol–water partition coefficient (Wildman–Crippen LogP) is 0.749. The van der Waals surface area contributed by atoms with Crippen molar-refractivity contribution in [1.29, 1.82) is 0 Å². The molecule has 2 N–H and O–H groups in total. The number of aromatic nitrogens is 2. The normalized spacial score (nSPS) is 29.2. The lowest BCUT2D eigenvalue weighted by Crippen LogP contribution is -2.31. The zero-order valence-corrected chi connectivity index (χ0v) is 8.98. The van der Waals surface area contributed by atoms with Crippen molar-refractivity contribution in [3.8, 4) is 0 Å². The van der Waals surface area contributed by atoms with Gasteiger partial charge in [-0.15, -0.1) is 0 Å². The van der Waals surface area contributed by atoms with Crippen LogP contribution in [0.2, 0.25) is 0 Å². The first-order valence-electron chi connectivity index (χ1n) is 5.76. The molecule has 2 heterocycles. The minimum absolute atomic E-state index is 0.126. The molecule has 1 aliphatic heterocycles. The van der Waals surface area contributed by atoms with Crippen LogP contribution in [0, 0.1) is 5.92 Å². The van der Waals surface area contributed by atoms with Gasteiger partial charge in [0.25, 0.3) is 5.56 Å². The summed E-state index contributed by atoms with van der Waals surface area (Å²) in [6.45, 7) is 0.808. The van der Waals surface area contributed by atoms with Crippen LogP contribution in [0.4, 0.5) is 5.82 Å². The summed E-state index contributed by atoms with van der Waals surface area (Å²) >= 11 is 0. The maximum absolute atomic E-state index is 11.1. The summed E-state index contributed by atoms with van der Waals surface area (Å²) in [5.74, 6) is 1.35. The van der Waals surface area contributed by atoms with Crippen LogP contribution in [-0.4, -0.2) is 28.7 Å². The molecule has 5 heteroatoms. The van der Waals surface area contributed by atoms with Crippen LogP contribution in [0.15, 0.2) is 17.2 Å². The highest BCUT2D eigenvalue weighted by atomic mass is 16.5. The molecular formula is C11H15N3O2. The summed E-state index contributed by atoms with van der Waals surface area (Å²) in [6.07, 6.45) is 5.26. The maximum atomic E-state index is 11.1. The Hall–Kier alpha value is -1.36. The van der Waals surface area contributed by atoms with E-state index < -0.39 is 0 Å². The lowest BCUT2D eigenvalue weighted by Gasteiger charge is -2.19. The Labute approximate surface area is 93.2 Å². The molecule has 0 spiro atoms. The van der Waals surface area contributed by atoms with Gasteiger partial charge in [-0.1, -0.05) is 0 Å². The van der Waals surface area contributed by atoms with Crippen molar-refractivity contribution >= 4 is 5.82 Å². The fourth-order valence-electron chi connectivity index (χ4n) is 2.29. The lowest BCUT2D eigenvalue weighted by molar-refractivity contribution is 0.0898. The number of aromatic amines is 1. The summed E-state index contributed by atoms with van der Waals surface area (Å²) in [4.78, 5) is 17.7. The number of ether oxygens (including phenoxy) is 1. The fraction of sp³-hybridized carbons (Fsp3) is 0.636. The molecular weight excluding hydrogens is 206 g/mol. The van der Waals surface area contributed by atoms with Crippen molar-refractivity contribution < 1.29 is 4.74 Å². The van der Waals surface area contributed by atoms with Gasteiger partial charge in [0.1, 0.15) is 5.82 Å². The molecule has 2 fully saturated rings. The third-order valence-corrected chi connectivity index (χ3v) is 3.23. The first-order valence-corrected chi connectivity index (χ1v) is 5.76. The molecule has 86 valence electrons. The van der Waals surface area contributed by atoms with Crippen LogP contribution in [0.5, 0.6) is 0 Å². The molecule has 1 saturated heterocycles. The smallest absolute Gasteiger partial charge is 0.252 e. The van der Waals surface area contributed by atoms with Crippen LogP contribution >= 0.6 is 0 Å². The van der Waals surface area contributed by atoms with Crippen molar-refractivity contribution in [2.75, 3.05) is 11.9 Å². The second kappa shape index (κ2) is 3.90. The number of nitrogens with zero attached hydrogens (tertiary/aromatic N) is 1. The SMILES string of the molecule is O=c1cc(NC2CCOC2C2CC2)nc[nH]1. The zero-order chi connectivity index (χ0) is 11.0. The number of rotatable bonds is 3. The van der Waals surface area contributed by atoms with Crippen molar-refractivity contribution in [3.63, 3.8) is 0 Å². The molecule has 2 unspecified atom stereocenters. The van der Waals surface area contributed by atoms with E-state index in [1.165, 1.54) is 25.2 Å². The second-order valence-corrected chi connectivity index (χ2v) is 4.51. The van der Waals surface area contributed by atoms with Crippen LogP contribution in [0.25, 0.3) is 0 Å². The number of anilines is 1. The molecule has 0 bridgehead atoms. The van der Waals surface area contributed by atoms with Gasteiger partial charge in [0.05, 0.1) is 18.5 Å². The lowest BCUT2D eigenvalue weighted by atomic mass is 10.1. The molecule has 1 aliphatic carbocycles. The number of hydrogen-bond acceptors (Lipinski definition) is 4. The Morgan fingerprint density at radius 1 is 1.44 bits per heavy atom. The van der Waals surface area contributed by atoms with E-state index in [9.17, 15) is 4.79 Å². The molecule has 16 heavy (non-hydrogen) atoms. The monoisotopic (exact) mass is 221 g/mol. The molecule has 0 amide bonds. The second-order valence-electron chi connectivity index (χ2n) is 4.51. The largest absolute Gasteiger partial charge is 0.376 e. The van der Waals surface area contributed by atoms with E-state index in [0.29, 0.717) is 23.9 Å². The minimum atomic E-state index is -0.126. The number of nitrogens with one attached hydrogen (secondary N) is 2. The van der Waals surface area contributed by atoms with Crippen LogP contribution in [-0.2, 0) is 4.74 Å². The van der Waals surface area contributed by atoms with E-state index in [-0.39, 0.29) is 5.56 Å². The molecule has 5 nitrogen and oxygen atoms in total. The Balaban J connectivity index is 1.71. The molecule has 1 aromatic heterocycles. The highest BCUT2D eigenvalue weighted by Gasteiger charge is 2.40. The number of H-pyrrole nitrogens is 1. The highest BCUT2D eigenvalue weighted by molar-refractivity contribution is 5.34. The van der Waals surface area contributed by atoms with Crippen LogP contribution in [0.3, 0.4) is 0 Å². The van der Waals surface area contributed by atoms with Crippen LogP contribution in [0.1, 0.15) is 19.3 Å². The average molecular weight is 221 g/mol.